The number of phenols is 1. The van der Waals surface area contributed by atoms with Crippen molar-refractivity contribution >= 4 is 11.7 Å². The van der Waals surface area contributed by atoms with Gasteiger partial charge in [-0.3, -0.25) is 9.79 Å². The van der Waals surface area contributed by atoms with E-state index in [0.717, 1.165) is 30.9 Å². The highest BCUT2D eigenvalue weighted by Crippen LogP contribution is 2.17. The van der Waals surface area contributed by atoms with Crippen LogP contribution >= 0.6 is 0 Å². The molecule has 1 aromatic carbocycles. The Bertz CT molecular complexity index is 639. The molecular formula is C21H33N3O3. The first-order chi connectivity index (χ1) is 12.9. The predicted molar refractivity (Wildman–Crippen MR) is 108 cm³/mol. The lowest BCUT2D eigenvalue weighted by Crippen LogP contribution is -2.51. The normalized spacial score (nSPS) is 17.7. The van der Waals surface area contributed by atoms with Crippen LogP contribution in [0.2, 0.25) is 0 Å². The van der Waals surface area contributed by atoms with Gasteiger partial charge in [0.25, 0.3) is 0 Å². The van der Waals surface area contributed by atoms with Crippen LogP contribution in [0.25, 0.3) is 0 Å². The summed E-state index contributed by atoms with van der Waals surface area (Å²) in [5.41, 5.74) is 0.818. The molecule has 27 heavy (non-hydrogen) atoms. The standard InChI is InChI=1S/C21H33N3O3/c1-5-16(2)17(3)27-15-21(26)24-12-10-23(11-13-24)18(4)22-14-19-8-6-7-9-20(19)25/h6-9,16-17,25H,5,10-15H2,1-4H3. The van der Waals surface area contributed by atoms with Gasteiger partial charge in [-0.25, -0.2) is 0 Å². The molecule has 1 N–H and O–H groups in total. The van der Waals surface area contributed by atoms with Crippen LogP contribution < -0.4 is 0 Å². The minimum atomic E-state index is 0.0635. The zero-order valence-electron chi connectivity index (χ0n) is 17.0. The molecule has 6 nitrogen and oxygen atoms in total. The number of amidine groups is 1. The van der Waals surface area contributed by atoms with Gasteiger partial charge >= 0.3 is 0 Å². The number of rotatable bonds is 7. The van der Waals surface area contributed by atoms with E-state index in [1.807, 2.05) is 30.9 Å². The molecule has 1 amide bonds. The second-order valence-corrected chi connectivity index (χ2v) is 7.26. The Hall–Kier alpha value is -2.08. The lowest BCUT2D eigenvalue weighted by atomic mass is 10.0. The number of ether oxygens (including phenoxy) is 1. The highest BCUT2D eigenvalue weighted by atomic mass is 16.5. The van der Waals surface area contributed by atoms with Crippen molar-refractivity contribution in [3.8, 4) is 5.75 Å². The van der Waals surface area contributed by atoms with Crippen molar-refractivity contribution in [3.05, 3.63) is 29.8 Å². The van der Waals surface area contributed by atoms with Crippen LogP contribution in [0.3, 0.4) is 0 Å². The SMILES string of the molecule is CCC(C)C(C)OCC(=O)N1CCN(C(C)=NCc2ccccc2O)CC1. The van der Waals surface area contributed by atoms with Crippen molar-refractivity contribution in [2.24, 2.45) is 10.9 Å². The molecule has 2 unspecified atom stereocenters. The van der Waals surface area contributed by atoms with Crippen molar-refractivity contribution in [1.82, 2.24) is 9.80 Å². The molecule has 1 aromatic rings. The Morgan fingerprint density at radius 1 is 1.19 bits per heavy atom. The van der Waals surface area contributed by atoms with Gasteiger partial charge in [-0.05, 0) is 25.8 Å². The molecule has 1 aliphatic rings. The molecule has 0 spiro atoms. The van der Waals surface area contributed by atoms with E-state index in [1.54, 1.807) is 12.1 Å². The van der Waals surface area contributed by atoms with Crippen molar-refractivity contribution < 1.29 is 14.6 Å². The number of hydrogen-bond donors (Lipinski definition) is 1. The number of benzene rings is 1. The summed E-state index contributed by atoms with van der Waals surface area (Å²) < 4.78 is 5.73. The predicted octanol–water partition coefficient (Wildman–Crippen LogP) is 2.91. The molecule has 1 aliphatic heterocycles. The van der Waals surface area contributed by atoms with Gasteiger partial charge in [0, 0.05) is 31.7 Å². The first-order valence-corrected chi connectivity index (χ1v) is 9.84. The Labute approximate surface area is 162 Å². The molecule has 1 saturated heterocycles. The molecular weight excluding hydrogens is 342 g/mol. The zero-order chi connectivity index (χ0) is 19.8. The van der Waals surface area contributed by atoms with Gasteiger partial charge in [0.15, 0.2) is 0 Å². The fraction of sp³-hybridized carbons (Fsp3) is 0.619. The Morgan fingerprint density at radius 3 is 2.44 bits per heavy atom. The van der Waals surface area contributed by atoms with Crippen molar-refractivity contribution in [1.29, 1.82) is 0 Å². The van der Waals surface area contributed by atoms with Crippen LogP contribution in [0, 0.1) is 5.92 Å². The molecule has 1 heterocycles. The average Bonchev–Trinajstić information content (AvgIpc) is 2.70. The second-order valence-electron chi connectivity index (χ2n) is 7.26. The minimum absolute atomic E-state index is 0.0635. The summed E-state index contributed by atoms with van der Waals surface area (Å²) in [6, 6.07) is 7.26. The summed E-state index contributed by atoms with van der Waals surface area (Å²) in [6.07, 6.45) is 1.15. The molecule has 150 valence electrons. The third-order valence-corrected chi connectivity index (χ3v) is 5.47. The van der Waals surface area contributed by atoms with E-state index in [-0.39, 0.29) is 24.4 Å². The first kappa shape index (κ1) is 21.2. The maximum Gasteiger partial charge on any atom is 0.248 e. The Kier molecular flexibility index (Phi) is 8.10. The number of carbonyl (C=O) groups excluding carboxylic acids is 1. The number of para-hydroxylation sites is 1. The van der Waals surface area contributed by atoms with Gasteiger partial charge in [-0.1, -0.05) is 38.5 Å². The zero-order valence-corrected chi connectivity index (χ0v) is 17.0. The smallest absolute Gasteiger partial charge is 0.248 e. The third kappa shape index (κ3) is 6.24. The molecule has 0 saturated carbocycles. The topological polar surface area (TPSA) is 65.4 Å². The Balaban J connectivity index is 1.78. The molecule has 2 atom stereocenters. The Morgan fingerprint density at radius 2 is 1.81 bits per heavy atom. The van der Waals surface area contributed by atoms with Crippen LogP contribution in [0.5, 0.6) is 5.75 Å². The highest BCUT2D eigenvalue weighted by Gasteiger charge is 2.22. The molecule has 6 heteroatoms. The minimum Gasteiger partial charge on any atom is -0.508 e. The number of phenolic OH excluding ortho intramolecular Hbond substituents is 1. The fourth-order valence-corrected chi connectivity index (χ4v) is 3.01. The van der Waals surface area contributed by atoms with E-state index in [2.05, 4.69) is 23.7 Å². The molecule has 0 radical (unpaired) electrons. The quantitative estimate of drug-likeness (QED) is 0.588. The van der Waals surface area contributed by atoms with Crippen LogP contribution in [-0.2, 0) is 16.1 Å². The second kappa shape index (κ2) is 10.3. The molecule has 0 aliphatic carbocycles. The lowest BCUT2D eigenvalue weighted by Gasteiger charge is -2.36. The van der Waals surface area contributed by atoms with Gasteiger partial charge in [-0.15, -0.1) is 0 Å². The van der Waals surface area contributed by atoms with Gasteiger partial charge in [-0.2, -0.15) is 0 Å². The number of piperazine rings is 1. The molecule has 1 fully saturated rings. The van der Waals surface area contributed by atoms with E-state index in [0.29, 0.717) is 25.6 Å². The fourth-order valence-electron chi connectivity index (χ4n) is 3.01. The summed E-state index contributed by atoms with van der Waals surface area (Å²) in [5, 5.41) is 9.83. The molecule has 0 aromatic heterocycles. The van der Waals surface area contributed by atoms with Gasteiger partial charge in [0.1, 0.15) is 12.4 Å². The van der Waals surface area contributed by atoms with Crippen LogP contribution in [0.1, 0.15) is 39.7 Å². The van der Waals surface area contributed by atoms with Crippen molar-refractivity contribution in [2.75, 3.05) is 32.8 Å². The number of hydrogen-bond acceptors (Lipinski definition) is 4. The summed E-state index contributed by atoms with van der Waals surface area (Å²) >= 11 is 0. The van der Waals surface area contributed by atoms with Gasteiger partial charge in [0.05, 0.1) is 18.5 Å². The third-order valence-electron chi connectivity index (χ3n) is 5.47. The van der Waals surface area contributed by atoms with Gasteiger partial charge < -0.3 is 19.6 Å². The number of aliphatic imine (C=N–C) groups is 1. The highest BCUT2D eigenvalue weighted by molar-refractivity contribution is 5.81. The van der Waals surface area contributed by atoms with E-state index >= 15 is 0 Å². The first-order valence-electron chi connectivity index (χ1n) is 9.84. The number of aromatic hydroxyl groups is 1. The van der Waals surface area contributed by atoms with E-state index < -0.39 is 0 Å². The number of nitrogens with zero attached hydrogens (tertiary/aromatic N) is 3. The average molecular weight is 376 g/mol. The van der Waals surface area contributed by atoms with Crippen LogP contribution in [0.15, 0.2) is 29.3 Å². The maximum atomic E-state index is 12.4. The number of carbonyl (C=O) groups is 1. The lowest BCUT2D eigenvalue weighted by molar-refractivity contribution is -0.140. The summed E-state index contributed by atoms with van der Waals surface area (Å²) in [6.45, 7) is 11.8. The molecule has 2 rings (SSSR count). The summed E-state index contributed by atoms with van der Waals surface area (Å²) in [4.78, 5) is 21.0. The maximum absolute atomic E-state index is 12.4. The van der Waals surface area contributed by atoms with Crippen molar-refractivity contribution in [3.63, 3.8) is 0 Å². The number of amides is 1. The van der Waals surface area contributed by atoms with Crippen LogP contribution in [-0.4, -0.2) is 65.5 Å². The van der Waals surface area contributed by atoms with E-state index in [4.69, 9.17) is 4.74 Å². The van der Waals surface area contributed by atoms with E-state index in [1.165, 1.54) is 0 Å². The largest absolute Gasteiger partial charge is 0.508 e. The van der Waals surface area contributed by atoms with E-state index in [9.17, 15) is 9.90 Å². The van der Waals surface area contributed by atoms with Crippen molar-refractivity contribution in [2.45, 2.75) is 46.8 Å². The monoisotopic (exact) mass is 375 g/mol. The summed E-state index contributed by atoms with van der Waals surface area (Å²) in [7, 11) is 0. The van der Waals surface area contributed by atoms with Gasteiger partial charge in [0.2, 0.25) is 5.91 Å². The molecule has 0 bridgehead atoms. The summed E-state index contributed by atoms with van der Waals surface area (Å²) in [5.74, 6) is 1.73. The van der Waals surface area contributed by atoms with Crippen LogP contribution in [0.4, 0.5) is 0 Å².